The quantitative estimate of drug-likeness (QED) is 0.847. The van der Waals surface area contributed by atoms with E-state index < -0.39 is 6.04 Å². The number of aryl methyl sites for hydroxylation is 1. The number of rotatable bonds is 5. The number of halogens is 1. The number of ether oxygens (including phenoxy) is 1. The molecule has 2 amide bonds. The number of nitrogens with zero attached hydrogens (tertiary/aromatic N) is 1. The minimum atomic E-state index is -0.390. The molecule has 0 saturated carbocycles. The summed E-state index contributed by atoms with van der Waals surface area (Å²) in [5.74, 6) is 0.538. The normalized spacial score (nSPS) is 14.3. The second-order valence-electron chi connectivity index (χ2n) is 6.65. The topological polar surface area (TPSA) is 58.6 Å². The Morgan fingerprint density at radius 1 is 1.22 bits per heavy atom. The van der Waals surface area contributed by atoms with Crippen LogP contribution >= 0.6 is 11.6 Å². The minimum absolute atomic E-state index is 0.0205. The van der Waals surface area contributed by atoms with E-state index >= 15 is 0 Å². The van der Waals surface area contributed by atoms with Crippen LogP contribution in [0.25, 0.3) is 0 Å². The molecule has 0 bridgehead atoms. The van der Waals surface area contributed by atoms with E-state index in [-0.39, 0.29) is 18.2 Å². The van der Waals surface area contributed by atoms with E-state index in [1.165, 1.54) is 6.92 Å². The lowest BCUT2D eigenvalue weighted by Crippen LogP contribution is -2.38. The predicted molar refractivity (Wildman–Crippen MR) is 106 cm³/mol. The number of anilines is 1. The summed E-state index contributed by atoms with van der Waals surface area (Å²) in [6, 6.07) is 12.6. The van der Waals surface area contributed by atoms with Gasteiger partial charge in [0.1, 0.15) is 5.75 Å². The third-order valence-electron chi connectivity index (χ3n) is 4.74. The van der Waals surface area contributed by atoms with Gasteiger partial charge in [-0.2, -0.15) is 0 Å². The van der Waals surface area contributed by atoms with Gasteiger partial charge < -0.3 is 15.0 Å². The SMILES string of the molecule is COc1ccc(C(CC(=O)N2CCCc3cc(Cl)ccc32)NC(C)=O)cc1. The summed E-state index contributed by atoms with van der Waals surface area (Å²) < 4.78 is 5.18. The van der Waals surface area contributed by atoms with E-state index in [0.29, 0.717) is 11.6 Å². The fourth-order valence-electron chi connectivity index (χ4n) is 3.44. The Labute approximate surface area is 164 Å². The van der Waals surface area contributed by atoms with Crippen molar-refractivity contribution in [3.63, 3.8) is 0 Å². The summed E-state index contributed by atoms with van der Waals surface area (Å²) in [5, 5.41) is 3.57. The molecule has 27 heavy (non-hydrogen) atoms. The first-order valence-electron chi connectivity index (χ1n) is 8.98. The highest BCUT2D eigenvalue weighted by atomic mass is 35.5. The van der Waals surface area contributed by atoms with E-state index in [9.17, 15) is 9.59 Å². The Balaban J connectivity index is 1.81. The van der Waals surface area contributed by atoms with E-state index in [0.717, 1.165) is 35.4 Å². The average Bonchev–Trinajstić information content (AvgIpc) is 2.66. The molecule has 1 heterocycles. The largest absolute Gasteiger partial charge is 0.497 e. The van der Waals surface area contributed by atoms with Gasteiger partial charge in [-0.1, -0.05) is 23.7 Å². The van der Waals surface area contributed by atoms with Crippen molar-refractivity contribution in [2.45, 2.75) is 32.2 Å². The number of fused-ring (bicyclic) bond motifs is 1. The number of nitrogens with one attached hydrogen (secondary N) is 1. The fourth-order valence-corrected chi connectivity index (χ4v) is 3.64. The monoisotopic (exact) mass is 386 g/mol. The maximum atomic E-state index is 13.1. The summed E-state index contributed by atoms with van der Waals surface area (Å²) in [4.78, 5) is 26.5. The molecule has 1 atom stereocenters. The molecule has 0 aromatic heterocycles. The molecule has 1 aliphatic heterocycles. The summed E-state index contributed by atoms with van der Waals surface area (Å²) in [6.07, 6.45) is 1.99. The molecule has 6 heteroatoms. The van der Waals surface area contributed by atoms with Gasteiger partial charge in [0.05, 0.1) is 19.6 Å². The first-order chi connectivity index (χ1) is 13.0. The zero-order valence-electron chi connectivity index (χ0n) is 15.5. The molecular weight excluding hydrogens is 364 g/mol. The Morgan fingerprint density at radius 2 is 1.96 bits per heavy atom. The second kappa shape index (κ2) is 8.44. The second-order valence-corrected chi connectivity index (χ2v) is 7.09. The Hall–Kier alpha value is -2.53. The lowest BCUT2D eigenvalue weighted by Gasteiger charge is -2.31. The molecule has 1 unspecified atom stereocenters. The van der Waals surface area contributed by atoms with Crippen LogP contribution in [0.1, 0.15) is 36.9 Å². The number of hydrogen-bond acceptors (Lipinski definition) is 3. The molecule has 0 spiro atoms. The highest BCUT2D eigenvalue weighted by Crippen LogP contribution is 2.31. The zero-order valence-corrected chi connectivity index (χ0v) is 16.3. The molecule has 2 aromatic carbocycles. The van der Waals surface area contributed by atoms with Crippen molar-refractivity contribution in [3.05, 3.63) is 58.6 Å². The Kier molecular flexibility index (Phi) is 6.01. The maximum absolute atomic E-state index is 13.1. The van der Waals surface area contributed by atoms with Crippen molar-refractivity contribution >= 4 is 29.1 Å². The van der Waals surface area contributed by atoms with Crippen LogP contribution in [0.4, 0.5) is 5.69 Å². The third kappa shape index (κ3) is 4.61. The van der Waals surface area contributed by atoms with Crippen molar-refractivity contribution < 1.29 is 14.3 Å². The van der Waals surface area contributed by atoms with Crippen molar-refractivity contribution in [2.24, 2.45) is 0 Å². The lowest BCUT2D eigenvalue weighted by molar-refractivity contribution is -0.121. The average molecular weight is 387 g/mol. The van der Waals surface area contributed by atoms with Crippen LogP contribution < -0.4 is 15.0 Å². The first-order valence-corrected chi connectivity index (χ1v) is 9.35. The van der Waals surface area contributed by atoms with Crippen molar-refractivity contribution in [1.82, 2.24) is 5.32 Å². The van der Waals surface area contributed by atoms with Crippen LogP contribution in [0, 0.1) is 0 Å². The number of benzene rings is 2. The highest BCUT2D eigenvalue weighted by molar-refractivity contribution is 6.30. The molecule has 142 valence electrons. The Bertz CT molecular complexity index is 836. The standard InChI is InChI=1S/C21H23ClN2O3/c1-14(25)23-19(15-5-8-18(27-2)9-6-15)13-21(26)24-11-3-4-16-12-17(22)7-10-20(16)24/h5-10,12,19H,3-4,11,13H2,1-2H3,(H,23,25). The smallest absolute Gasteiger partial charge is 0.229 e. The molecule has 1 N–H and O–H groups in total. The minimum Gasteiger partial charge on any atom is -0.497 e. The molecule has 0 aliphatic carbocycles. The van der Waals surface area contributed by atoms with Gasteiger partial charge in [0.25, 0.3) is 0 Å². The van der Waals surface area contributed by atoms with E-state index in [2.05, 4.69) is 5.32 Å². The van der Waals surface area contributed by atoms with Crippen LogP contribution in [0.15, 0.2) is 42.5 Å². The summed E-state index contributed by atoms with van der Waals surface area (Å²) in [7, 11) is 1.60. The van der Waals surface area contributed by atoms with E-state index in [4.69, 9.17) is 16.3 Å². The molecule has 0 radical (unpaired) electrons. The lowest BCUT2D eigenvalue weighted by atomic mass is 9.99. The van der Waals surface area contributed by atoms with Gasteiger partial charge in [-0.25, -0.2) is 0 Å². The predicted octanol–water partition coefficient (Wildman–Crippen LogP) is 3.90. The third-order valence-corrected chi connectivity index (χ3v) is 4.97. The van der Waals surface area contributed by atoms with Gasteiger partial charge in [-0.05, 0) is 54.3 Å². The molecule has 1 aliphatic rings. The van der Waals surface area contributed by atoms with Crippen molar-refractivity contribution in [2.75, 3.05) is 18.6 Å². The van der Waals surface area contributed by atoms with Crippen LogP contribution in [0.3, 0.4) is 0 Å². The Morgan fingerprint density at radius 3 is 2.63 bits per heavy atom. The summed E-state index contributed by atoms with van der Waals surface area (Å²) in [5.41, 5.74) is 2.86. The zero-order chi connectivity index (χ0) is 19.4. The van der Waals surface area contributed by atoms with Crippen LogP contribution in [-0.4, -0.2) is 25.5 Å². The molecular formula is C21H23ClN2O3. The van der Waals surface area contributed by atoms with Gasteiger partial charge in [0, 0.05) is 24.2 Å². The van der Waals surface area contributed by atoms with Crippen LogP contribution in [-0.2, 0) is 16.0 Å². The summed E-state index contributed by atoms with van der Waals surface area (Å²) >= 11 is 6.09. The molecule has 0 fully saturated rings. The number of hydrogen-bond donors (Lipinski definition) is 1. The number of carbonyl (C=O) groups is 2. The van der Waals surface area contributed by atoms with Crippen LogP contribution in [0.2, 0.25) is 5.02 Å². The van der Waals surface area contributed by atoms with Gasteiger partial charge in [0.15, 0.2) is 0 Å². The van der Waals surface area contributed by atoms with Gasteiger partial charge >= 0.3 is 0 Å². The van der Waals surface area contributed by atoms with Crippen molar-refractivity contribution in [1.29, 1.82) is 0 Å². The fraction of sp³-hybridized carbons (Fsp3) is 0.333. The van der Waals surface area contributed by atoms with Gasteiger partial charge in [-0.3, -0.25) is 9.59 Å². The van der Waals surface area contributed by atoms with Crippen LogP contribution in [0.5, 0.6) is 5.75 Å². The molecule has 2 aromatic rings. The molecule has 3 rings (SSSR count). The van der Waals surface area contributed by atoms with E-state index in [1.807, 2.05) is 36.4 Å². The maximum Gasteiger partial charge on any atom is 0.229 e. The number of amides is 2. The van der Waals surface area contributed by atoms with Gasteiger partial charge in [0.2, 0.25) is 11.8 Å². The van der Waals surface area contributed by atoms with E-state index in [1.54, 1.807) is 18.1 Å². The highest BCUT2D eigenvalue weighted by Gasteiger charge is 2.26. The number of methoxy groups -OCH3 is 1. The van der Waals surface area contributed by atoms with Gasteiger partial charge in [-0.15, -0.1) is 0 Å². The van der Waals surface area contributed by atoms with Crippen molar-refractivity contribution in [3.8, 4) is 5.75 Å². The molecule has 5 nitrogen and oxygen atoms in total. The number of carbonyl (C=O) groups excluding carboxylic acids is 2. The molecule has 0 saturated heterocycles. The summed E-state index contributed by atoms with van der Waals surface area (Å²) in [6.45, 7) is 2.13. The first kappa shape index (κ1) is 19.2.